The van der Waals surface area contributed by atoms with Gasteiger partial charge in [-0.2, -0.15) is 10.1 Å². The van der Waals surface area contributed by atoms with Crippen LogP contribution >= 0.6 is 11.6 Å². The summed E-state index contributed by atoms with van der Waals surface area (Å²) in [5, 5.41) is 7.30. The highest BCUT2D eigenvalue weighted by atomic mass is 35.5. The van der Waals surface area contributed by atoms with Gasteiger partial charge >= 0.3 is 5.69 Å². The third-order valence-electron chi connectivity index (χ3n) is 4.32. The van der Waals surface area contributed by atoms with Crippen LogP contribution in [0.2, 0.25) is 5.02 Å². The van der Waals surface area contributed by atoms with Gasteiger partial charge in [-0.05, 0) is 49.7 Å². The molecule has 0 saturated carbocycles. The standard InChI is InChI=1S/C20H19ClN4O3/c1-12-5-4-6-16(21)18(12)24-19(26)13(2)25-20(27)23-17(11-22-25)14-7-9-15(28-3)10-8-14/h4-11,13H,1-3H3,(H,24,26). The number of aromatic nitrogens is 3. The fourth-order valence-corrected chi connectivity index (χ4v) is 2.91. The van der Waals surface area contributed by atoms with Crippen LogP contribution in [-0.4, -0.2) is 27.8 Å². The maximum atomic E-state index is 12.6. The number of carbonyl (C=O) groups excluding carboxylic acids is 1. The predicted molar refractivity (Wildman–Crippen MR) is 108 cm³/mol. The molecule has 0 fully saturated rings. The number of para-hydroxylation sites is 1. The highest BCUT2D eigenvalue weighted by molar-refractivity contribution is 6.34. The average molecular weight is 399 g/mol. The summed E-state index contributed by atoms with van der Waals surface area (Å²) in [6.07, 6.45) is 1.45. The van der Waals surface area contributed by atoms with Crippen LogP contribution in [0.15, 0.2) is 53.5 Å². The second kappa shape index (κ2) is 8.22. The second-order valence-electron chi connectivity index (χ2n) is 6.19. The summed E-state index contributed by atoms with van der Waals surface area (Å²) in [6, 6.07) is 11.6. The number of nitrogens with one attached hydrogen (secondary N) is 1. The van der Waals surface area contributed by atoms with Crippen molar-refractivity contribution in [1.82, 2.24) is 14.8 Å². The summed E-state index contributed by atoms with van der Waals surface area (Å²) in [5.41, 5.74) is 1.85. The van der Waals surface area contributed by atoms with Gasteiger partial charge in [0.1, 0.15) is 11.8 Å². The Morgan fingerprint density at radius 1 is 1.21 bits per heavy atom. The molecule has 1 atom stereocenters. The minimum absolute atomic E-state index is 0.412. The first kappa shape index (κ1) is 19.6. The number of methoxy groups -OCH3 is 1. The van der Waals surface area contributed by atoms with E-state index in [9.17, 15) is 9.59 Å². The summed E-state index contributed by atoms with van der Waals surface area (Å²) in [6.45, 7) is 3.41. The van der Waals surface area contributed by atoms with Crippen molar-refractivity contribution in [2.75, 3.05) is 12.4 Å². The van der Waals surface area contributed by atoms with Gasteiger partial charge in [-0.3, -0.25) is 4.79 Å². The zero-order valence-corrected chi connectivity index (χ0v) is 16.4. The van der Waals surface area contributed by atoms with Crippen molar-refractivity contribution in [3.63, 3.8) is 0 Å². The van der Waals surface area contributed by atoms with Gasteiger partial charge in [0, 0.05) is 5.56 Å². The molecule has 8 heteroatoms. The van der Waals surface area contributed by atoms with E-state index in [4.69, 9.17) is 16.3 Å². The molecule has 0 spiro atoms. The van der Waals surface area contributed by atoms with Crippen molar-refractivity contribution in [3.05, 3.63) is 69.7 Å². The molecule has 0 saturated heterocycles. The van der Waals surface area contributed by atoms with Crippen molar-refractivity contribution in [2.24, 2.45) is 0 Å². The smallest absolute Gasteiger partial charge is 0.365 e. The van der Waals surface area contributed by atoms with E-state index in [2.05, 4.69) is 15.4 Å². The van der Waals surface area contributed by atoms with E-state index in [0.717, 1.165) is 15.8 Å². The lowest BCUT2D eigenvalue weighted by Gasteiger charge is -2.16. The summed E-state index contributed by atoms with van der Waals surface area (Å²) >= 11 is 6.15. The van der Waals surface area contributed by atoms with Gasteiger partial charge in [0.25, 0.3) is 0 Å². The lowest BCUT2D eigenvalue weighted by atomic mass is 10.1. The van der Waals surface area contributed by atoms with E-state index in [1.807, 2.05) is 13.0 Å². The molecule has 1 unspecified atom stereocenters. The molecule has 0 bridgehead atoms. The second-order valence-corrected chi connectivity index (χ2v) is 6.60. The summed E-state index contributed by atoms with van der Waals surface area (Å²) in [7, 11) is 1.58. The van der Waals surface area contributed by atoms with E-state index >= 15 is 0 Å². The lowest BCUT2D eigenvalue weighted by molar-refractivity contribution is -0.119. The first-order chi connectivity index (χ1) is 13.4. The van der Waals surface area contributed by atoms with Gasteiger partial charge in [0.2, 0.25) is 5.91 Å². The zero-order valence-electron chi connectivity index (χ0n) is 15.6. The third-order valence-corrected chi connectivity index (χ3v) is 4.63. The molecular weight excluding hydrogens is 380 g/mol. The van der Waals surface area contributed by atoms with Crippen LogP contribution in [-0.2, 0) is 4.79 Å². The monoisotopic (exact) mass is 398 g/mol. The number of aryl methyl sites for hydroxylation is 1. The summed E-state index contributed by atoms with van der Waals surface area (Å²) in [4.78, 5) is 29.1. The minimum Gasteiger partial charge on any atom is -0.497 e. The number of ether oxygens (including phenoxy) is 1. The number of hydrogen-bond acceptors (Lipinski definition) is 5. The number of benzene rings is 2. The number of anilines is 1. The quantitative estimate of drug-likeness (QED) is 0.711. The van der Waals surface area contributed by atoms with E-state index < -0.39 is 17.6 Å². The van der Waals surface area contributed by atoms with Gasteiger partial charge in [-0.1, -0.05) is 23.7 Å². The molecule has 1 heterocycles. The minimum atomic E-state index is -0.861. The molecule has 7 nitrogen and oxygen atoms in total. The number of hydrogen-bond donors (Lipinski definition) is 1. The Bertz CT molecular complexity index is 1040. The van der Waals surface area contributed by atoms with Gasteiger partial charge in [0.05, 0.1) is 29.7 Å². The van der Waals surface area contributed by atoms with Crippen LogP contribution in [0.5, 0.6) is 5.75 Å². The van der Waals surface area contributed by atoms with Crippen LogP contribution < -0.4 is 15.7 Å². The molecule has 1 N–H and O–H groups in total. The lowest BCUT2D eigenvalue weighted by Crippen LogP contribution is -2.35. The van der Waals surface area contributed by atoms with Crippen molar-refractivity contribution < 1.29 is 9.53 Å². The van der Waals surface area contributed by atoms with Gasteiger partial charge < -0.3 is 10.1 Å². The van der Waals surface area contributed by atoms with Gasteiger partial charge in [-0.25, -0.2) is 9.48 Å². The van der Waals surface area contributed by atoms with E-state index in [0.29, 0.717) is 22.2 Å². The van der Waals surface area contributed by atoms with Crippen molar-refractivity contribution >= 4 is 23.2 Å². The molecule has 2 aromatic carbocycles. The molecule has 0 radical (unpaired) electrons. The molecular formula is C20H19ClN4O3. The number of halogens is 1. The highest BCUT2D eigenvalue weighted by Crippen LogP contribution is 2.26. The van der Waals surface area contributed by atoms with E-state index in [-0.39, 0.29) is 0 Å². The molecule has 3 aromatic rings. The molecule has 28 heavy (non-hydrogen) atoms. The molecule has 1 amide bonds. The molecule has 0 aliphatic rings. The maximum Gasteiger partial charge on any atom is 0.365 e. The summed E-state index contributed by atoms with van der Waals surface area (Å²) < 4.78 is 6.15. The summed E-state index contributed by atoms with van der Waals surface area (Å²) in [5.74, 6) is 0.287. The Kier molecular flexibility index (Phi) is 5.75. The largest absolute Gasteiger partial charge is 0.497 e. The predicted octanol–water partition coefficient (Wildman–Crippen LogP) is 3.48. The van der Waals surface area contributed by atoms with Crippen LogP contribution in [0, 0.1) is 6.92 Å². The van der Waals surface area contributed by atoms with Crippen LogP contribution in [0.4, 0.5) is 5.69 Å². The molecule has 144 valence electrons. The topological polar surface area (TPSA) is 86.1 Å². The Labute approximate surface area is 166 Å². The fourth-order valence-electron chi connectivity index (χ4n) is 2.64. The molecule has 0 aliphatic carbocycles. The maximum absolute atomic E-state index is 12.6. The van der Waals surface area contributed by atoms with Crippen LogP contribution in [0.3, 0.4) is 0 Å². The highest BCUT2D eigenvalue weighted by Gasteiger charge is 2.20. The van der Waals surface area contributed by atoms with E-state index in [1.54, 1.807) is 50.4 Å². The Morgan fingerprint density at radius 2 is 1.93 bits per heavy atom. The Balaban J connectivity index is 1.83. The first-order valence-electron chi connectivity index (χ1n) is 8.57. The van der Waals surface area contributed by atoms with Crippen LogP contribution in [0.25, 0.3) is 11.3 Å². The SMILES string of the molecule is COc1ccc(-c2cnn(C(C)C(=O)Nc3c(C)cccc3Cl)c(=O)n2)cc1. The first-order valence-corrected chi connectivity index (χ1v) is 8.94. The zero-order chi connectivity index (χ0) is 20.3. The number of nitrogens with zero attached hydrogens (tertiary/aromatic N) is 3. The number of amides is 1. The van der Waals surface area contributed by atoms with Gasteiger partial charge in [-0.15, -0.1) is 0 Å². The van der Waals surface area contributed by atoms with E-state index in [1.165, 1.54) is 6.20 Å². The number of carbonyl (C=O) groups is 1. The van der Waals surface area contributed by atoms with Crippen molar-refractivity contribution in [1.29, 1.82) is 0 Å². The Morgan fingerprint density at radius 3 is 2.54 bits per heavy atom. The van der Waals surface area contributed by atoms with Crippen LogP contribution in [0.1, 0.15) is 18.5 Å². The fraction of sp³-hybridized carbons (Fsp3) is 0.200. The molecule has 3 rings (SSSR count). The molecule has 1 aromatic heterocycles. The third kappa shape index (κ3) is 4.04. The number of rotatable bonds is 5. The van der Waals surface area contributed by atoms with Crippen molar-refractivity contribution in [3.8, 4) is 17.0 Å². The van der Waals surface area contributed by atoms with Crippen molar-refractivity contribution in [2.45, 2.75) is 19.9 Å². The molecule has 0 aliphatic heterocycles. The average Bonchev–Trinajstić information content (AvgIpc) is 2.70. The normalized spacial score (nSPS) is 11.7. The van der Waals surface area contributed by atoms with Gasteiger partial charge in [0.15, 0.2) is 0 Å². The Hall–Kier alpha value is -3.19.